The Kier molecular flexibility index (Phi) is 27.2. The van der Waals surface area contributed by atoms with Crippen LogP contribution in [0.1, 0.15) is 243 Å². The van der Waals surface area contributed by atoms with Gasteiger partial charge >= 0.3 is 0 Å². The third kappa shape index (κ3) is 22.3. The van der Waals surface area contributed by atoms with Crippen LogP contribution in [0.3, 0.4) is 0 Å². The molecule has 2 aliphatic rings. The summed E-state index contributed by atoms with van der Waals surface area (Å²) in [5.74, 6) is 0. The predicted octanol–water partition coefficient (Wildman–Crippen LogP) is 17.1. The zero-order chi connectivity index (χ0) is 41.4. The molecule has 59 heavy (non-hydrogen) atoms. The fourth-order valence-electron chi connectivity index (χ4n) is 9.97. The molecule has 2 heterocycles. The van der Waals surface area contributed by atoms with Crippen molar-refractivity contribution in [1.29, 1.82) is 0 Å². The van der Waals surface area contributed by atoms with Crippen LogP contribution in [0.2, 0.25) is 0 Å². The fraction of sp³-hybridized carbons (Fsp3) is 0.786. The molecule has 0 N–H and O–H groups in total. The largest absolute Gasteiger partial charge is 0.370 e. The minimum absolute atomic E-state index is 0.165. The molecule has 0 saturated carbocycles. The first kappa shape index (κ1) is 50.0. The van der Waals surface area contributed by atoms with Gasteiger partial charge in [0.05, 0.1) is 13.2 Å². The van der Waals surface area contributed by atoms with E-state index >= 15 is 0 Å². The van der Waals surface area contributed by atoms with Crippen molar-refractivity contribution in [2.45, 2.75) is 268 Å². The Hall–Kier alpha value is -1.68. The molecular formula is C56H94O3. The van der Waals surface area contributed by atoms with Crippen LogP contribution in [0.15, 0.2) is 60.7 Å². The first-order valence-corrected chi connectivity index (χ1v) is 26.2. The van der Waals surface area contributed by atoms with Crippen molar-refractivity contribution in [3.8, 4) is 0 Å². The van der Waals surface area contributed by atoms with Crippen molar-refractivity contribution >= 4 is 0 Å². The molecular weight excluding hydrogens is 721 g/mol. The maximum absolute atomic E-state index is 7.88. The maximum Gasteiger partial charge on any atom is 0.110 e. The molecule has 4 atom stereocenters. The van der Waals surface area contributed by atoms with Gasteiger partial charge in [-0.25, -0.2) is 0 Å². The molecule has 2 saturated heterocycles. The van der Waals surface area contributed by atoms with Crippen molar-refractivity contribution in [2.24, 2.45) is 0 Å². The molecule has 2 aromatic rings. The van der Waals surface area contributed by atoms with Gasteiger partial charge in [0.25, 0.3) is 0 Å². The van der Waals surface area contributed by atoms with E-state index in [1.807, 2.05) is 0 Å². The lowest BCUT2D eigenvalue weighted by molar-refractivity contribution is -0.184. The van der Waals surface area contributed by atoms with Gasteiger partial charge in [-0.1, -0.05) is 280 Å². The van der Waals surface area contributed by atoms with E-state index in [1.165, 1.54) is 217 Å². The number of rotatable bonds is 42. The Bertz CT molecular complexity index is 1130. The van der Waals surface area contributed by atoms with Crippen molar-refractivity contribution in [2.75, 3.05) is 13.2 Å². The van der Waals surface area contributed by atoms with E-state index in [1.54, 1.807) is 0 Å². The topological polar surface area (TPSA) is 34.3 Å². The third-order valence-electron chi connectivity index (χ3n) is 13.8. The summed E-state index contributed by atoms with van der Waals surface area (Å²) in [4.78, 5) is 0. The molecule has 3 heteroatoms. The fourth-order valence-corrected chi connectivity index (χ4v) is 9.97. The molecule has 3 nitrogen and oxygen atoms in total. The van der Waals surface area contributed by atoms with E-state index in [2.05, 4.69) is 74.5 Å². The Balaban J connectivity index is 1.24. The molecule has 0 spiro atoms. The van der Waals surface area contributed by atoms with Gasteiger partial charge in [0.15, 0.2) is 0 Å². The van der Waals surface area contributed by atoms with Gasteiger partial charge < -0.3 is 14.2 Å². The van der Waals surface area contributed by atoms with E-state index in [-0.39, 0.29) is 23.4 Å². The lowest BCUT2D eigenvalue weighted by Gasteiger charge is -2.44. The van der Waals surface area contributed by atoms with Crippen LogP contribution in [-0.2, 0) is 27.1 Å². The molecule has 0 bridgehead atoms. The summed E-state index contributed by atoms with van der Waals surface area (Å²) in [7, 11) is 0. The highest BCUT2D eigenvalue weighted by atomic mass is 16.6. The van der Waals surface area contributed by atoms with Crippen LogP contribution < -0.4 is 0 Å². The second-order valence-electron chi connectivity index (χ2n) is 19.3. The molecule has 0 aromatic heterocycles. The van der Waals surface area contributed by atoms with Crippen LogP contribution in [0.5, 0.6) is 0 Å². The monoisotopic (exact) mass is 815 g/mol. The molecule has 2 aromatic carbocycles. The van der Waals surface area contributed by atoms with Crippen LogP contribution in [0, 0.1) is 0 Å². The summed E-state index contributed by atoms with van der Waals surface area (Å²) in [5, 5.41) is 0. The van der Waals surface area contributed by atoms with Crippen LogP contribution >= 0.6 is 0 Å². The number of hydrogen-bond acceptors (Lipinski definition) is 3. The number of unbranched alkanes of at least 4 members (excludes halogenated alkanes) is 30. The van der Waals surface area contributed by atoms with Gasteiger partial charge in [-0.3, -0.25) is 0 Å². The van der Waals surface area contributed by atoms with E-state index in [9.17, 15) is 0 Å². The average Bonchev–Trinajstić information content (AvgIpc) is 4.18. The molecule has 4 unspecified atom stereocenters. The van der Waals surface area contributed by atoms with Crippen molar-refractivity contribution in [3.63, 3.8) is 0 Å². The SMILES string of the molecule is CCCCCCCCCCCCCCCCCCC(Cc1ccccc1)(OC(CCCCCCCCCCCCCCCCCC)(Cc1ccccc1)C1CO1)C1CO1. The number of hydrogen-bond donors (Lipinski definition) is 0. The zero-order valence-corrected chi connectivity index (χ0v) is 39.0. The summed E-state index contributed by atoms with van der Waals surface area (Å²) >= 11 is 0. The summed E-state index contributed by atoms with van der Waals surface area (Å²) in [6.07, 6.45) is 48.9. The number of epoxide rings is 2. The van der Waals surface area contributed by atoms with Gasteiger partial charge in [0.1, 0.15) is 23.4 Å². The predicted molar refractivity (Wildman–Crippen MR) is 255 cm³/mol. The van der Waals surface area contributed by atoms with E-state index in [0.717, 1.165) is 38.9 Å². The smallest absolute Gasteiger partial charge is 0.110 e. The molecule has 0 amide bonds. The first-order chi connectivity index (χ1) is 29.2. The van der Waals surface area contributed by atoms with Crippen LogP contribution in [0.25, 0.3) is 0 Å². The standard InChI is InChI=1S/C56H94O3/c1-3-5-7-9-11-13-15-17-19-21-23-25-27-29-31-39-45-55(53-49-57-53,47-51-41-35-33-36-42-51)59-56(54-50-58-54,48-52-43-37-34-38-44-52)46-40-32-30-28-26-24-22-20-18-16-14-12-10-8-6-4-2/h33-38,41-44,53-54H,3-32,39-40,45-50H2,1-2H3. The lowest BCUT2D eigenvalue weighted by Crippen LogP contribution is -2.53. The Morgan fingerprint density at radius 2 is 0.610 bits per heavy atom. The highest BCUT2D eigenvalue weighted by Gasteiger charge is 2.56. The highest BCUT2D eigenvalue weighted by molar-refractivity contribution is 5.22. The highest BCUT2D eigenvalue weighted by Crippen LogP contribution is 2.46. The van der Waals surface area contributed by atoms with Crippen molar-refractivity contribution in [1.82, 2.24) is 0 Å². The number of benzene rings is 2. The second-order valence-corrected chi connectivity index (χ2v) is 19.3. The van der Waals surface area contributed by atoms with Crippen molar-refractivity contribution in [3.05, 3.63) is 71.8 Å². The van der Waals surface area contributed by atoms with Gasteiger partial charge in [0.2, 0.25) is 0 Å². The molecule has 336 valence electrons. The minimum Gasteiger partial charge on any atom is -0.370 e. The summed E-state index contributed by atoms with van der Waals surface area (Å²) in [5.41, 5.74) is 2.08. The number of ether oxygens (including phenoxy) is 3. The van der Waals surface area contributed by atoms with Gasteiger partial charge in [-0.05, 0) is 24.0 Å². The lowest BCUT2D eigenvalue weighted by atomic mass is 9.81. The molecule has 2 aliphatic heterocycles. The Morgan fingerprint density at radius 3 is 0.847 bits per heavy atom. The van der Waals surface area contributed by atoms with Crippen LogP contribution in [-0.4, -0.2) is 36.6 Å². The summed E-state index contributed by atoms with van der Waals surface area (Å²) < 4.78 is 20.5. The average molecular weight is 815 g/mol. The molecule has 4 rings (SSSR count). The quantitative estimate of drug-likeness (QED) is 0.0494. The Labute approximate surface area is 366 Å². The maximum atomic E-state index is 7.88. The van der Waals surface area contributed by atoms with Crippen molar-refractivity contribution < 1.29 is 14.2 Å². The minimum atomic E-state index is -0.326. The second kappa shape index (κ2) is 32.1. The van der Waals surface area contributed by atoms with Gasteiger partial charge in [0, 0.05) is 12.8 Å². The summed E-state index contributed by atoms with van der Waals surface area (Å²) in [6.45, 7) is 6.25. The van der Waals surface area contributed by atoms with E-state index < -0.39 is 0 Å². The Morgan fingerprint density at radius 1 is 0.373 bits per heavy atom. The molecule has 2 fully saturated rings. The van der Waals surface area contributed by atoms with E-state index in [0.29, 0.717) is 0 Å². The van der Waals surface area contributed by atoms with Crippen LogP contribution in [0.4, 0.5) is 0 Å². The third-order valence-corrected chi connectivity index (χ3v) is 13.8. The first-order valence-electron chi connectivity index (χ1n) is 26.2. The zero-order valence-electron chi connectivity index (χ0n) is 39.0. The molecule has 0 radical (unpaired) electrons. The van der Waals surface area contributed by atoms with E-state index in [4.69, 9.17) is 14.2 Å². The normalized spacial score (nSPS) is 18.1. The summed E-state index contributed by atoms with van der Waals surface area (Å²) in [6, 6.07) is 22.3. The van der Waals surface area contributed by atoms with Gasteiger partial charge in [-0.15, -0.1) is 0 Å². The van der Waals surface area contributed by atoms with Gasteiger partial charge in [-0.2, -0.15) is 0 Å². The molecule has 0 aliphatic carbocycles.